The Morgan fingerprint density at radius 1 is 0.882 bits per heavy atom. The number of hydrogen-bond donors (Lipinski definition) is 1. The van der Waals surface area contributed by atoms with Crippen LogP contribution in [-0.4, -0.2) is 18.1 Å². The summed E-state index contributed by atoms with van der Waals surface area (Å²) in [4.78, 5) is 16.2. The predicted molar refractivity (Wildman–Crippen MR) is 132 cm³/mol. The van der Waals surface area contributed by atoms with Crippen molar-refractivity contribution in [1.82, 2.24) is 4.98 Å². The molecule has 0 saturated heterocycles. The fourth-order valence-corrected chi connectivity index (χ4v) is 7.00. The molecule has 4 aliphatic rings. The van der Waals surface area contributed by atoms with Gasteiger partial charge in [0.15, 0.2) is 0 Å². The number of carbonyl (C=O) groups is 1. The predicted octanol–water partition coefficient (Wildman–Crippen LogP) is 6.87. The molecule has 4 aliphatic carbocycles. The SMILES string of the molecule is COC(=O)c1cccnc1Nc1ccc(Oc2ccc(C34CC5CC(CC(C5)C3)C4)cc2)cc1. The van der Waals surface area contributed by atoms with Crippen LogP contribution in [-0.2, 0) is 10.2 Å². The Bertz CT molecular complexity index is 1150. The van der Waals surface area contributed by atoms with Crippen LogP contribution < -0.4 is 10.1 Å². The van der Waals surface area contributed by atoms with Crippen LogP contribution in [0, 0.1) is 17.8 Å². The lowest BCUT2D eigenvalue weighted by atomic mass is 9.48. The standard InChI is InChI=1S/C29H30N2O3/c1-33-28(32)26-3-2-12-30-27(26)31-23-6-10-25(11-7-23)34-24-8-4-22(5-9-24)29-16-19-13-20(17-29)15-21(14-19)18-29/h2-12,19-21H,13-18H2,1H3,(H,30,31). The second kappa shape index (κ2) is 8.46. The molecule has 4 saturated carbocycles. The maximum atomic E-state index is 12.0. The Morgan fingerprint density at radius 3 is 2.06 bits per heavy atom. The van der Waals surface area contributed by atoms with E-state index in [1.165, 1.54) is 51.2 Å². The Labute approximate surface area is 200 Å². The normalized spacial score (nSPS) is 26.8. The third-order valence-corrected chi connectivity index (χ3v) is 8.07. The summed E-state index contributed by atoms with van der Waals surface area (Å²) in [5, 5.41) is 3.18. The first-order valence-corrected chi connectivity index (χ1v) is 12.3. The highest BCUT2D eigenvalue weighted by Crippen LogP contribution is 2.60. The molecule has 3 aromatic rings. The van der Waals surface area contributed by atoms with E-state index in [1.54, 1.807) is 18.3 Å². The van der Waals surface area contributed by atoms with E-state index in [0.29, 0.717) is 16.8 Å². The summed E-state index contributed by atoms with van der Waals surface area (Å²) in [6, 6.07) is 19.9. The van der Waals surface area contributed by atoms with Crippen LogP contribution in [0.5, 0.6) is 11.5 Å². The molecule has 4 fully saturated rings. The summed E-state index contributed by atoms with van der Waals surface area (Å²) < 4.78 is 11.0. The first-order chi connectivity index (χ1) is 16.6. The topological polar surface area (TPSA) is 60.5 Å². The maximum absolute atomic E-state index is 12.0. The second-order valence-electron chi connectivity index (χ2n) is 10.4. The van der Waals surface area contributed by atoms with Gasteiger partial charge < -0.3 is 14.8 Å². The van der Waals surface area contributed by atoms with Crippen LogP contribution in [0.4, 0.5) is 11.5 Å². The first kappa shape index (κ1) is 21.2. The Kier molecular flexibility index (Phi) is 5.28. The zero-order chi connectivity index (χ0) is 23.1. The van der Waals surface area contributed by atoms with E-state index in [4.69, 9.17) is 9.47 Å². The highest BCUT2D eigenvalue weighted by atomic mass is 16.5. The van der Waals surface area contributed by atoms with Gasteiger partial charge in [-0.2, -0.15) is 0 Å². The molecule has 0 atom stereocenters. The lowest BCUT2D eigenvalue weighted by molar-refractivity contribution is -0.00520. The molecule has 0 spiro atoms. The van der Waals surface area contributed by atoms with Crippen molar-refractivity contribution < 1.29 is 14.3 Å². The number of ether oxygens (including phenoxy) is 2. The number of nitrogens with one attached hydrogen (secondary N) is 1. The van der Waals surface area contributed by atoms with Crippen LogP contribution in [0.1, 0.15) is 54.4 Å². The molecule has 5 nitrogen and oxygen atoms in total. The van der Waals surface area contributed by atoms with E-state index < -0.39 is 5.97 Å². The molecule has 0 radical (unpaired) electrons. The van der Waals surface area contributed by atoms with Crippen molar-refractivity contribution >= 4 is 17.5 Å². The van der Waals surface area contributed by atoms with Gasteiger partial charge in [0, 0.05) is 11.9 Å². The van der Waals surface area contributed by atoms with E-state index in [0.717, 1.165) is 34.9 Å². The first-order valence-electron chi connectivity index (χ1n) is 12.3. The zero-order valence-electron chi connectivity index (χ0n) is 19.5. The van der Waals surface area contributed by atoms with Gasteiger partial charge in [-0.3, -0.25) is 0 Å². The minimum atomic E-state index is -0.424. The summed E-state index contributed by atoms with van der Waals surface area (Å²) >= 11 is 0. The van der Waals surface area contributed by atoms with Gasteiger partial charge in [0.1, 0.15) is 22.9 Å². The van der Waals surface area contributed by atoms with Gasteiger partial charge in [-0.15, -0.1) is 0 Å². The third kappa shape index (κ3) is 3.93. The van der Waals surface area contributed by atoms with Gasteiger partial charge >= 0.3 is 5.97 Å². The molecule has 174 valence electrons. The molecule has 2 aromatic carbocycles. The fraction of sp³-hybridized carbons (Fsp3) is 0.379. The summed E-state index contributed by atoms with van der Waals surface area (Å²) in [5.74, 6) is 4.50. The average Bonchev–Trinajstić information content (AvgIpc) is 2.85. The number of anilines is 2. The number of aromatic nitrogens is 1. The van der Waals surface area contributed by atoms with Gasteiger partial charge in [-0.25, -0.2) is 9.78 Å². The molecular weight excluding hydrogens is 424 g/mol. The minimum absolute atomic E-state index is 0.393. The molecule has 34 heavy (non-hydrogen) atoms. The van der Waals surface area contributed by atoms with E-state index in [-0.39, 0.29) is 0 Å². The molecule has 1 N–H and O–H groups in total. The molecule has 1 heterocycles. The molecule has 7 rings (SSSR count). The van der Waals surface area contributed by atoms with Crippen molar-refractivity contribution in [1.29, 1.82) is 0 Å². The fourth-order valence-electron chi connectivity index (χ4n) is 7.00. The number of rotatable bonds is 6. The number of pyridine rings is 1. The number of hydrogen-bond acceptors (Lipinski definition) is 5. The average molecular weight is 455 g/mol. The van der Waals surface area contributed by atoms with Gasteiger partial charge in [0.2, 0.25) is 0 Å². The molecular formula is C29H30N2O3. The van der Waals surface area contributed by atoms with E-state index in [9.17, 15) is 4.79 Å². The van der Waals surface area contributed by atoms with Crippen molar-refractivity contribution in [3.8, 4) is 11.5 Å². The summed E-state index contributed by atoms with van der Waals surface area (Å²) in [6.45, 7) is 0. The Morgan fingerprint density at radius 2 is 1.47 bits per heavy atom. The molecule has 0 aliphatic heterocycles. The van der Waals surface area contributed by atoms with E-state index >= 15 is 0 Å². The second-order valence-corrected chi connectivity index (χ2v) is 10.4. The van der Waals surface area contributed by atoms with Crippen LogP contribution >= 0.6 is 0 Å². The van der Waals surface area contributed by atoms with Crippen LogP contribution in [0.15, 0.2) is 66.9 Å². The van der Waals surface area contributed by atoms with Gasteiger partial charge in [-0.1, -0.05) is 12.1 Å². The highest BCUT2D eigenvalue weighted by molar-refractivity contribution is 5.95. The minimum Gasteiger partial charge on any atom is -0.465 e. The van der Waals surface area contributed by atoms with Gasteiger partial charge in [0.25, 0.3) is 0 Å². The molecule has 1 aromatic heterocycles. The molecule has 5 heteroatoms. The lowest BCUT2D eigenvalue weighted by Crippen LogP contribution is -2.48. The lowest BCUT2D eigenvalue weighted by Gasteiger charge is -2.57. The van der Waals surface area contributed by atoms with Crippen molar-refractivity contribution in [3.63, 3.8) is 0 Å². The molecule has 0 amide bonds. The largest absolute Gasteiger partial charge is 0.465 e. The third-order valence-electron chi connectivity index (χ3n) is 8.07. The Hall–Kier alpha value is -3.34. The van der Waals surface area contributed by atoms with Crippen molar-refractivity contribution in [2.24, 2.45) is 17.8 Å². The van der Waals surface area contributed by atoms with E-state index in [1.807, 2.05) is 24.3 Å². The maximum Gasteiger partial charge on any atom is 0.341 e. The quantitative estimate of drug-likeness (QED) is 0.412. The van der Waals surface area contributed by atoms with E-state index in [2.05, 4.69) is 34.6 Å². The van der Waals surface area contributed by atoms with Crippen molar-refractivity contribution in [2.45, 2.75) is 43.9 Å². The number of benzene rings is 2. The van der Waals surface area contributed by atoms with Crippen LogP contribution in [0.2, 0.25) is 0 Å². The number of carbonyl (C=O) groups excluding carboxylic acids is 1. The zero-order valence-corrected chi connectivity index (χ0v) is 19.5. The molecule has 4 bridgehead atoms. The highest BCUT2D eigenvalue weighted by Gasteiger charge is 2.51. The summed E-state index contributed by atoms with van der Waals surface area (Å²) in [7, 11) is 1.36. The smallest absolute Gasteiger partial charge is 0.341 e. The number of methoxy groups -OCH3 is 1. The monoisotopic (exact) mass is 454 g/mol. The van der Waals surface area contributed by atoms with Crippen molar-refractivity contribution in [2.75, 3.05) is 12.4 Å². The van der Waals surface area contributed by atoms with Gasteiger partial charge in [0.05, 0.1) is 7.11 Å². The summed E-state index contributed by atoms with van der Waals surface area (Å²) in [5.41, 5.74) is 3.13. The number of nitrogens with zero attached hydrogens (tertiary/aromatic N) is 1. The van der Waals surface area contributed by atoms with Crippen molar-refractivity contribution in [3.05, 3.63) is 78.0 Å². The van der Waals surface area contributed by atoms with Crippen LogP contribution in [0.25, 0.3) is 0 Å². The summed E-state index contributed by atoms with van der Waals surface area (Å²) in [6.07, 6.45) is 10.2. The van der Waals surface area contributed by atoms with Crippen LogP contribution in [0.3, 0.4) is 0 Å². The van der Waals surface area contributed by atoms with Gasteiger partial charge in [-0.05, 0) is 116 Å². The number of esters is 1. The Balaban J connectivity index is 1.13. The molecule has 0 unspecified atom stereocenters.